The van der Waals surface area contributed by atoms with E-state index in [9.17, 15) is 15.0 Å². The van der Waals surface area contributed by atoms with Crippen LogP contribution in [0.5, 0.6) is 0 Å². The van der Waals surface area contributed by atoms with Crippen molar-refractivity contribution < 1.29 is 15.0 Å². The molecule has 2 aliphatic rings. The summed E-state index contributed by atoms with van der Waals surface area (Å²) in [5.41, 5.74) is 2.57. The van der Waals surface area contributed by atoms with Crippen LogP contribution in [0.25, 0.3) is 0 Å². The Bertz CT molecular complexity index is 636. The van der Waals surface area contributed by atoms with Gasteiger partial charge in [0.1, 0.15) is 0 Å². The number of aliphatic carboxylic acids is 1. The maximum Gasteiger partial charge on any atom is 0.309 e. The fourth-order valence-electron chi connectivity index (χ4n) is 5.05. The molecule has 3 rings (SSSR count). The van der Waals surface area contributed by atoms with Crippen LogP contribution in [0.1, 0.15) is 69.6 Å². The van der Waals surface area contributed by atoms with Crippen molar-refractivity contribution in [1.29, 1.82) is 0 Å². The molecule has 3 heteroatoms. The lowest BCUT2D eigenvalue weighted by Gasteiger charge is -2.55. The van der Waals surface area contributed by atoms with Crippen molar-refractivity contribution in [2.45, 2.75) is 70.8 Å². The molecule has 126 valence electrons. The molecule has 1 aromatic rings. The Morgan fingerprint density at radius 3 is 2.57 bits per heavy atom. The smallest absolute Gasteiger partial charge is 0.309 e. The van der Waals surface area contributed by atoms with E-state index >= 15 is 0 Å². The largest absolute Gasteiger partial charge is 0.481 e. The third-order valence-electron chi connectivity index (χ3n) is 6.69. The van der Waals surface area contributed by atoms with E-state index in [1.54, 1.807) is 0 Å². The second-order valence-corrected chi connectivity index (χ2v) is 8.22. The van der Waals surface area contributed by atoms with Gasteiger partial charge in [0.2, 0.25) is 0 Å². The SMILES string of the molecule is CC(C)c1ccc2c(c1)CC[C@@H]1[C@]2(C)[C@H](O)CC[C@@]1(C)C(=O)O. The van der Waals surface area contributed by atoms with Crippen molar-refractivity contribution in [2.75, 3.05) is 0 Å². The van der Waals surface area contributed by atoms with Crippen LogP contribution in [0.4, 0.5) is 0 Å². The van der Waals surface area contributed by atoms with E-state index < -0.39 is 22.9 Å². The maximum absolute atomic E-state index is 12.0. The molecule has 2 aliphatic carbocycles. The van der Waals surface area contributed by atoms with Crippen molar-refractivity contribution in [3.05, 3.63) is 34.9 Å². The lowest BCUT2D eigenvalue weighted by atomic mass is 9.48. The molecule has 0 radical (unpaired) electrons. The number of rotatable bonds is 2. The van der Waals surface area contributed by atoms with Crippen molar-refractivity contribution >= 4 is 5.97 Å². The third-order valence-corrected chi connectivity index (χ3v) is 6.69. The lowest BCUT2D eigenvalue weighted by molar-refractivity contribution is -0.162. The molecule has 0 unspecified atom stereocenters. The number of aliphatic hydroxyl groups excluding tert-OH is 1. The molecule has 0 aliphatic heterocycles. The van der Waals surface area contributed by atoms with Crippen LogP contribution in [0, 0.1) is 11.3 Å². The van der Waals surface area contributed by atoms with E-state index in [4.69, 9.17) is 0 Å². The number of carboxylic acid groups (broad SMARTS) is 1. The second-order valence-electron chi connectivity index (χ2n) is 8.22. The van der Waals surface area contributed by atoms with E-state index in [-0.39, 0.29) is 5.92 Å². The van der Waals surface area contributed by atoms with Crippen molar-refractivity contribution in [3.8, 4) is 0 Å². The molecule has 0 spiro atoms. The first-order valence-corrected chi connectivity index (χ1v) is 8.76. The molecule has 3 nitrogen and oxygen atoms in total. The predicted molar refractivity (Wildman–Crippen MR) is 90.7 cm³/mol. The molecule has 2 N–H and O–H groups in total. The minimum absolute atomic E-state index is 0.0198. The number of hydrogen-bond acceptors (Lipinski definition) is 2. The zero-order chi connectivity index (χ0) is 17.0. The Morgan fingerprint density at radius 2 is 1.96 bits per heavy atom. The summed E-state index contributed by atoms with van der Waals surface area (Å²) < 4.78 is 0. The van der Waals surface area contributed by atoms with E-state index in [2.05, 4.69) is 39.0 Å². The maximum atomic E-state index is 12.0. The molecule has 1 saturated carbocycles. The first kappa shape index (κ1) is 16.5. The highest BCUT2D eigenvalue weighted by Crippen LogP contribution is 2.57. The monoisotopic (exact) mass is 316 g/mol. The Kier molecular flexibility index (Phi) is 3.83. The van der Waals surface area contributed by atoms with Crippen LogP contribution in [-0.2, 0) is 16.6 Å². The molecule has 1 aromatic carbocycles. The zero-order valence-corrected chi connectivity index (χ0v) is 14.6. The minimum atomic E-state index is -0.748. The van der Waals surface area contributed by atoms with Gasteiger partial charge in [0, 0.05) is 5.41 Å². The number of carbonyl (C=O) groups is 1. The van der Waals surface area contributed by atoms with Crippen LogP contribution in [-0.4, -0.2) is 22.3 Å². The number of carboxylic acids is 1. The molecular formula is C20H28O3. The fourth-order valence-corrected chi connectivity index (χ4v) is 5.05. The summed E-state index contributed by atoms with van der Waals surface area (Å²) in [6.45, 7) is 8.32. The van der Waals surface area contributed by atoms with Crippen LogP contribution >= 0.6 is 0 Å². The molecule has 0 amide bonds. The summed E-state index contributed by atoms with van der Waals surface area (Å²) in [6, 6.07) is 6.56. The summed E-state index contributed by atoms with van der Waals surface area (Å²) in [6.07, 6.45) is 2.39. The van der Waals surface area contributed by atoms with Crippen LogP contribution in [0.15, 0.2) is 18.2 Å². The molecule has 1 fully saturated rings. The number of fused-ring (bicyclic) bond motifs is 3. The Morgan fingerprint density at radius 1 is 1.26 bits per heavy atom. The number of hydrogen-bond donors (Lipinski definition) is 2. The van der Waals surface area contributed by atoms with Gasteiger partial charge in [-0.3, -0.25) is 4.79 Å². The highest BCUT2D eigenvalue weighted by Gasteiger charge is 2.58. The standard InChI is InChI=1S/C20H28O3/c1-12(2)13-5-7-15-14(11-13)6-8-16-19(3,18(22)23)10-9-17(21)20(15,16)4/h5,7,11-12,16-17,21H,6,8-10H2,1-4H3,(H,22,23)/t16-,17+,19+,20+/m0/s1. The molecule has 0 bridgehead atoms. The average molecular weight is 316 g/mol. The molecule has 23 heavy (non-hydrogen) atoms. The Hall–Kier alpha value is -1.35. The van der Waals surface area contributed by atoms with Gasteiger partial charge in [-0.15, -0.1) is 0 Å². The first-order valence-electron chi connectivity index (χ1n) is 8.76. The highest BCUT2D eigenvalue weighted by atomic mass is 16.4. The van der Waals surface area contributed by atoms with Crippen LogP contribution < -0.4 is 0 Å². The summed E-state index contributed by atoms with van der Waals surface area (Å²) in [5.74, 6) is -0.261. The van der Waals surface area contributed by atoms with Gasteiger partial charge in [0.05, 0.1) is 11.5 Å². The quantitative estimate of drug-likeness (QED) is 0.870. The van der Waals surface area contributed by atoms with Crippen LogP contribution in [0.2, 0.25) is 0 Å². The van der Waals surface area contributed by atoms with E-state index in [0.717, 1.165) is 18.4 Å². The summed E-state index contributed by atoms with van der Waals surface area (Å²) in [4.78, 5) is 12.0. The van der Waals surface area contributed by atoms with Crippen molar-refractivity contribution in [3.63, 3.8) is 0 Å². The van der Waals surface area contributed by atoms with Gasteiger partial charge < -0.3 is 10.2 Å². The Balaban J connectivity index is 2.13. The number of aliphatic hydroxyl groups is 1. The van der Waals surface area contributed by atoms with Gasteiger partial charge in [-0.2, -0.15) is 0 Å². The molecule has 0 heterocycles. The van der Waals surface area contributed by atoms with Crippen molar-refractivity contribution in [2.24, 2.45) is 11.3 Å². The highest BCUT2D eigenvalue weighted by molar-refractivity contribution is 5.75. The van der Waals surface area contributed by atoms with Gasteiger partial charge in [0.15, 0.2) is 0 Å². The van der Waals surface area contributed by atoms with Gasteiger partial charge in [-0.25, -0.2) is 0 Å². The first-order chi connectivity index (χ1) is 10.7. The van der Waals surface area contributed by atoms with Crippen LogP contribution in [0.3, 0.4) is 0 Å². The third kappa shape index (κ3) is 2.24. The second kappa shape index (κ2) is 5.34. The van der Waals surface area contributed by atoms with Gasteiger partial charge >= 0.3 is 5.97 Å². The van der Waals surface area contributed by atoms with Crippen molar-refractivity contribution in [1.82, 2.24) is 0 Å². The topological polar surface area (TPSA) is 57.5 Å². The zero-order valence-electron chi connectivity index (χ0n) is 14.6. The molecule has 0 saturated heterocycles. The lowest BCUT2D eigenvalue weighted by Crippen LogP contribution is -2.58. The number of benzene rings is 1. The Labute approximate surface area is 138 Å². The van der Waals surface area contributed by atoms with E-state index in [0.29, 0.717) is 18.8 Å². The molecular weight excluding hydrogens is 288 g/mol. The van der Waals surface area contributed by atoms with E-state index in [1.807, 2.05) is 6.92 Å². The van der Waals surface area contributed by atoms with Gasteiger partial charge in [-0.1, -0.05) is 39.0 Å². The summed E-state index contributed by atoms with van der Waals surface area (Å²) >= 11 is 0. The number of aryl methyl sites for hydroxylation is 1. The summed E-state index contributed by atoms with van der Waals surface area (Å²) in [7, 11) is 0. The predicted octanol–water partition coefficient (Wildman–Crippen LogP) is 3.88. The minimum Gasteiger partial charge on any atom is -0.481 e. The average Bonchev–Trinajstić information content (AvgIpc) is 2.50. The normalized spacial score (nSPS) is 36.4. The molecule has 0 aromatic heterocycles. The van der Waals surface area contributed by atoms with E-state index in [1.165, 1.54) is 11.1 Å². The summed E-state index contributed by atoms with van der Waals surface area (Å²) in [5, 5.41) is 20.6. The molecule has 4 atom stereocenters. The fraction of sp³-hybridized carbons (Fsp3) is 0.650. The van der Waals surface area contributed by atoms with Gasteiger partial charge in [-0.05, 0) is 61.1 Å². The van der Waals surface area contributed by atoms with Gasteiger partial charge in [0.25, 0.3) is 0 Å².